The number of hydrogen-bond acceptors (Lipinski definition) is 7. The molecular formula is C26H48O7. The molecule has 1 rings (SSSR count). The molecule has 0 spiro atoms. The van der Waals surface area contributed by atoms with Crippen molar-refractivity contribution in [1.29, 1.82) is 0 Å². The Morgan fingerprint density at radius 2 is 1.30 bits per heavy atom. The number of aliphatic hydroxyl groups excluding tert-OH is 2. The molecule has 1 fully saturated rings. The van der Waals surface area contributed by atoms with Crippen molar-refractivity contribution in [2.45, 2.75) is 141 Å². The fourth-order valence-corrected chi connectivity index (χ4v) is 4.18. The van der Waals surface area contributed by atoms with E-state index in [1.54, 1.807) is 0 Å². The monoisotopic (exact) mass is 472 g/mol. The third-order valence-corrected chi connectivity index (χ3v) is 6.23. The second-order valence-electron chi connectivity index (χ2n) is 9.27. The van der Waals surface area contributed by atoms with E-state index in [0.29, 0.717) is 0 Å². The fourth-order valence-electron chi connectivity index (χ4n) is 4.18. The van der Waals surface area contributed by atoms with Crippen LogP contribution in [-0.4, -0.2) is 59.8 Å². The maximum atomic E-state index is 12.3. The van der Waals surface area contributed by atoms with Gasteiger partial charge in [0.2, 0.25) is 0 Å². The molecule has 1 aliphatic heterocycles. The molecule has 0 radical (unpaired) electrons. The van der Waals surface area contributed by atoms with Crippen LogP contribution >= 0.6 is 0 Å². The molecule has 7 nitrogen and oxygen atoms in total. The van der Waals surface area contributed by atoms with E-state index >= 15 is 0 Å². The maximum Gasteiger partial charge on any atom is 0.306 e. The largest absolute Gasteiger partial charge is 0.457 e. The standard InChI is InChI=1S/C26H48O7/c1-3-5-7-9-11-13-15-17-23(29)32-22(19-27)26-25(21(28)20-31-26)33-24(30)18-16-14-12-10-8-6-4-2/h21-22,25-28H,3-20H2,1-2H3/t21-,22+,25+,26+/m0/s1. The third-order valence-electron chi connectivity index (χ3n) is 6.23. The topological polar surface area (TPSA) is 102 Å². The Morgan fingerprint density at radius 3 is 1.82 bits per heavy atom. The molecule has 0 amide bonds. The van der Waals surface area contributed by atoms with E-state index in [9.17, 15) is 19.8 Å². The van der Waals surface area contributed by atoms with E-state index in [4.69, 9.17) is 14.2 Å². The van der Waals surface area contributed by atoms with Gasteiger partial charge < -0.3 is 24.4 Å². The summed E-state index contributed by atoms with van der Waals surface area (Å²) < 4.78 is 16.4. The molecule has 1 saturated heterocycles. The van der Waals surface area contributed by atoms with Crippen LogP contribution in [0.1, 0.15) is 117 Å². The Bertz CT molecular complexity index is 511. The number of carbonyl (C=O) groups is 2. The van der Waals surface area contributed by atoms with Crippen molar-refractivity contribution in [3.63, 3.8) is 0 Å². The summed E-state index contributed by atoms with van der Waals surface area (Å²) >= 11 is 0. The minimum absolute atomic E-state index is 0.0220. The Kier molecular flexibility index (Phi) is 17.3. The van der Waals surface area contributed by atoms with Gasteiger partial charge in [0.1, 0.15) is 12.2 Å². The van der Waals surface area contributed by atoms with Crippen LogP contribution in [0.15, 0.2) is 0 Å². The van der Waals surface area contributed by atoms with Gasteiger partial charge in [-0.25, -0.2) is 0 Å². The minimum atomic E-state index is -0.996. The minimum Gasteiger partial charge on any atom is -0.457 e. The second-order valence-corrected chi connectivity index (χ2v) is 9.27. The van der Waals surface area contributed by atoms with Gasteiger partial charge in [0.05, 0.1) is 13.2 Å². The van der Waals surface area contributed by atoms with Crippen LogP contribution in [0.25, 0.3) is 0 Å². The molecule has 1 heterocycles. The highest BCUT2D eigenvalue weighted by molar-refractivity contribution is 5.70. The van der Waals surface area contributed by atoms with Crippen LogP contribution in [-0.2, 0) is 23.8 Å². The van der Waals surface area contributed by atoms with Gasteiger partial charge in [0.15, 0.2) is 12.2 Å². The van der Waals surface area contributed by atoms with E-state index < -0.39 is 43.0 Å². The van der Waals surface area contributed by atoms with Crippen LogP contribution in [0.4, 0.5) is 0 Å². The zero-order chi connectivity index (χ0) is 24.3. The predicted molar refractivity (Wildman–Crippen MR) is 128 cm³/mol. The highest BCUT2D eigenvalue weighted by Gasteiger charge is 2.45. The van der Waals surface area contributed by atoms with E-state index in [2.05, 4.69) is 13.8 Å². The van der Waals surface area contributed by atoms with Crippen molar-refractivity contribution in [3.8, 4) is 0 Å². The van der Waals surface area contributed by atoms with Crippen LogP contribution in [0, 0.1) is 0 Å². The van der Waals surface area contributed by atoms with Crippen LogP contribution < -0.4 is 0 Å². The van der Waals surface area contributed by atoms with Gasteiger partial charge in [-0.1, -0.05) is 90.9 Å². The van der Waals surface area contributed by atoms with E-state index in [-0.39, 0.29) is 19.4 Å². The first-order chi connectivity index (χ1) is 16.0. The Hall–Kier alpha value is -1.18. The van der Waals surface area contributed by atoms with Gasteiger partial charge in [0, 0.05) is 12.8 Å². The summed E-state index contributed by atoms with van der Waals surface area (Å²) in [5, 5.41) is 20.0. The molecular weight excluding hydrogens is 424 g/mol. The molecule has 4 atom stereocenters. The summed E-state index contributed by atoms with van der Waals surface area (Å²) in [4.78, 5) is 24.5. The molecule has 0 bridgehead atoms. The molecule has 7 heteroatoms. The quantitative estimate of drug-likeness (QED) is 0.193. The zero-order valence-electron chi connectivity index (χ0n) is 21.0. The smallest absolute Gasteiger partial charge is 0.306 e. The third kappa shape index (κ3) is 13.3. The predicted octanol–water partition coefficient (Wildman–Crippen LogP) is 4.84. The first-order valence-electron chi connectivity index (χ1n) is 13.3. The summed E-state index contributed by atoms with van der Waals surface area (Å²) in [6.07, 6.45) is 12.2. The Balaban J connectivity index is 2.34. The van der Waals surface area contributed by atoms with E-state index in [1.807, 2.05) is 0 Å². The number of rotatable bonds is 20. The van der Waals surface area contributed by atoms with Gasteiger partial charge in [-0.05, 0) is 12.8 Å². The normalized spacial score (nSPS) is 21.2. The highest BCUT2D eigenvalue weighted by Crippen LogP contribution is 2.24. The summed E-state index contributed by atoms with van der Waals surface area (Å²) in [7, 11) is 0. The SMILES string of the molecule is CCCCCCCCCC(=O)O[C@H]1[C@@H]([C@@H](CO)OC(=O)CCCCCCCCC)OC[C@@H]1O. The second kappa shape index (κ2) is 19.2. The van der Waals surface area contributed by atoms with E-state index in [0.717, 1.165) is 38.5 Å². The van der Waals surface area contributed by atoms with Crippen molar-refractivity contribution in [2.24, 2.45) is 0 Å². The summed E-state index contributed by atoms with van der Waals surface area (Å²) in [5.74, 6) is -0.796. The molecule has 0 unspecified atom stereocenters. The number of carbonyl (C=O) groups excluding carboxylic acids is 2. The molecule has 33 heavy (non-hydrogen) atoms. The maximum absolute atomic E-state index is 12.3. The number of hydrogen-bond donors (Lipinski definition) is 2. The lowest BCUT2D eigenvalue weighted by atomic mass is 10.1. The summed E-state index contributed by atoms with van der Waals surface area (Å²) in [5.41, 5.74) is 0. The van der Waals surface area contributed by atoms with Gasteiger partial charge >= 0.3 is 11.9 Å². The van der Waals surface area contributed by atoms with Crippen molar-refractivity contribution in [2.75, 3.05) is 13.2 Å². The molecule has 1 aliphatic rings. The lowest BCUT2D eigenvalue weighted by molar-refractivity contribution is -0.171. The first-order valence-corrected chi connectivity index (χ1v) is 13.3. The van der Waals surface area contributed by atoms with Gasteiger partial charge in [-0.2, -0.15) is 0 Å². The zero-order valence-corrected chi connectivity index (χ0v) is 21.0. The van der Waals surface area contributed by atoms with Gasteiger partial charge in [-0.15, -0.1) is 0 Å². The first kappa shape index (κ1) is 29.9. The Morgan fingerprint density at radius 1 is 0.818 bits per heavy atom. The van der Waals surface area contributed by atoms with E-state index in [1.165, 1.54) is 51.4 Å². The average molecular weight is 473 g/mol. The lowest BCUT2D eigenvalue weighted by Crippen LogP contribution is -2.45. The number of unbranched alkanes of at least 4 members (excludes halogenated alkanes) is 12. The molecule has 0 aromatic rings. The fraction of sp³-hybridized carbons (Fsp3) is 0.923. The molecule has 0 aromatic heterocycles. The molecule has 0 saturated carbocycles. The van der Waals surface area contributed by atoms with Crippen molar-refractivity contribution in [3.05, 3.63) is 0 Å². The molecule has 0 aliphatic carbocycles. The highest BCUT2D eigenvalue weighted by atomic mass is 16.6. The molecule has 2 N–H and O–H groups in total. The van der Waals surface area contributed by atoms with Crippen molar-refractivity contribution in [1.82, 2.24) is 0 Å². The lowest BCUT2D eigenvalue weighted by Gasteiger charge is -2.27. The van der Waals surface area contributed by atoms with Crippen molar-refractivity contribution < 1.29 is 34.0 Å². The van der Waals surface area contributed by atoms with Gasteiger partial charge in [-0.3, -0.25) is 9.59 Å². The van der Waals surface area contributed by atoms with Crippen LogP contribution in [0.3, 0.4) is 0 Å². The van der Waals surface area contributed by atoms with Crippen molar-refractivity contribution >= 4 is 11.9 Å². The molecule has 0 aromatic carbocycles. The number of ether oxygens (including phenoxy) is 3. The number of esters is 2. The molecule has 194 valence electrons. The van der Waals surface area contributed by atoms with Crippen LogP contribution in [0.5, 0.6) is 0 Å². The van der Waals surface area contributed by atoms with Gasteiger partial charge in [0.25, 0.3) is 0 Å². The summed E-state index contributed by atoms with van der Waals surface area (Å²) in [6.45, 7) is 3.89. The van der Waals surface area contributed by atoms with Crippen LogP contribution in [0.2, 0.25) is 0 Å². The number of aliphatic hydroxyl groups is 2. The summed E-state index contributed by atoms with van der Waals surface area (Å²) in [6, 6.07) is 0. The average Bonchev–Trinajstić information content (AvgIpc) is 3.16. The Labute approximate surface area is 200 Å².